The fourth-order valence-corrected chi connectivity index (χ4v) is 3.97. The van der Waals surface area contributed by atoms with Gasteiger partial charge in [-0.2, -0.15) is 0 Å². The summed E-state index contributed by atoms with van der Waals surface area (Å²) in [6.45, 7) is 0.950. The van der Waals surface area contributed by atoms with Gasteiger partial charge in [-0.15, -0.1) is 0 Å². The Hall–Kier alpha value is -1.64. The number of rotatable bonds is 1. The van der Waals surface area contributed by atoms with Crippen molar-refractivity contribution in [1.82, 2.24) is 5.32 Å². The SMILES string of the molecule is OC1(C2NCCc3ccccc32)CCc2ccccc2C1. The highest BCUT2D eigenvalue weighted by atomic mass is 16.3. The smallest absolute Gasteiger partial charge is 0.0885 e. The van der Waals surface area contributed by atoms with Gasteiger partial charge in [-0.1, -0.05) is 48.5 Å². The summed E-state index contributed by atoms with van der Waals surface area (Å²) in [5, 5.41) is 14.9. The quantitative estimate of drug-likeness (QED) is 0.841. The minimum Gasteiger partial charge on any atom is -0.388 e. The average molecular weight is 279 g/mol. The third-order valence-corrected chi connectivity index (χ3v) is 5.09. The van der Waals surface area contributed by atoms with E-state index in [0.717, 1.165) is 32.2 Å². The van der Waals surface area contributed by atoms with E-state index in [-0.39, 0.29) is 6.04 Å². The van der Waals surface area contributed by atoms with Crippen LogP contribution in [0.15, 0.2) is 48.5 Å². The summed E-state index contributed by atoms with van der Waals surface area (Å²) < 4.78 is 0. The number of aryl methyl sites for hydroxylation is 1. The van der Waals surface area contributed by atoms with Crippen molar-refractivity contribution in [3.63, 3.8) is 0 Å². The monoisotopic (exact) mass is 279 g/mol. The number of nitrogens with one attached hydrogen (secondary N) is 1. The van der Waals surface area contributed by atoms with Crippen LogP contribution in [0.25, 0.3) is 0 Å². The molecule has 2 atom stereocenters. The number of benzene rings is 2. The Kier molecular flexibility index (Phi) is 3.09. The first-order valence-corrected chi connectivity index (χ1v) is 7.87. The standard InChI is InChI=1S/C19H21NO/c21-19(11-9-14-5-1-2-7-16(14)13-19)18-17-8-4-3-6-15(17)10-12-20-18/h1-8,18,20-21H,9-13H2. The van der Waals surface area contributed by atoms with Gasteiger partial charge in [0, 0.05) is 6.42 Å². The Bertz CT molecular complexity index is 666. The first-order chi connectivity index (χ1) is 10.3. The molecule has 2 aromatic rings. The van der Waals surface area contributed by atoms with Crippen LogP contribution in [0.4, 0.5) is 0 Å². The lowest BCUT2D eigenvalue weighted by Crippen LogP contribution is -2.50. The maximum Gasteiger partial charge on any atom is 0.0885 e. The highest BCUT2D eigenvalue weighted by Gasteiger charge is 2.41. The second kappa shape index (κ2) is 4.97. The zero-order valence-corrected chi connectivity index (χ0v) is 12.2. The van der Waals surface area contributed by atoms with Crippen LogP contribution in [-0.4, -0.2) is 17.3 Å². The van der Waals surface area contributed by atoms with Crippen molar-refractivity contribution in [3.8, 4) is 0 Å². The van der Waals surface area contributed by atoms with E-state index >= 15 is 0 Å². The van der Waals surface area contributed by atoms with Crippen LogP contribution in [0.1, 0.15) is 34.7 Å². The molecule has 0 saturated carbocycles. The van der Waals surface area contributed by atoms with E-state index in [4.69, 9.17) is 0 Å². The minimum atomic E-state index is -0.676. The summed E-state index contributed by atoms with van der Waals surface area (Å²) in [7, 11) is 0. The van der Waals surface area contributed by atoms with Crippen molar-refractivity contribution < 1.29 is 5.11 Å². The highest BCUT2D eigenvalue weighted by molar-refractivity contribution is 5.38. The molecule has 2 aromatic carbocycles. The third kappa shape index (κ3) is 2.19. The molecule has 2 aliphatic rings. The molecular formula is C19H21NO. The van der Waals surface area contributed by atoms with Gasteiger partial charge in [-0.25, -0.2) is 0 Å². The van der Waals surface area contributed by atoms with Crippen LogP contribution in [0.3, 0.4) is 0 Å². The summed E-state index contributed by atoms with van der Waals surface area (Å²) >= 11 is 0. The molecule has 108 valence electrons. The van der Waals surface area contributed by atoms with Gasteiger partial charge < -0.3 is 10.4 Å². The fraction of sp³-hybridized carbons (Fsp3) is 0.368. The maximum atomic E-state index is 11.3. The van der Waals surface area contributed by atoms with Gasteiger partial charge in [0.05, 0.1) is 11.6 Å². The van der Waals surface area contributed by atoms with Crippen molar-refractivity contribution in [2.75, 3.05) is 6.54 Å². The molecule has 4 rings (SSSR count). The van der Waals surface area contributed by atoms with Crippen LogP contribution < -0.4 is 5.32 Å². The summed E-state index contributed by atoms with van der Waals surface area (Å²) in [5.41, 5.74) is 4.69. The predicted octanol–water partition coefficient (Wildman–Crippen LogP) is 2.79. The van der Waals surface area contributed by atoms with Crippen LogP contribution in [0, 0.1) is 0 Å². The topological polar surface area (TPSA) is 32.3 Å². The molecule has 1 aliphatic heterocycles. The summed E-state index contributed by atoms with van der Waals surface area (Å²) in [4.78, 5) is 0. The van der Waals surface area contributed by atoms with Gasteiger partial charge in [-0.3, -0.25) is 0 Å². The Morgan fingerprint density at radius 3 is 2.48 bits per heavy atom. The minimum absolute atomic E-state index is 0.0517. The third-order valence-electron chi connectivity index (χ3n) is 5.09. The van der Waals surface area contributed by atoms with Gasteiger partial charge in [0.1, 0.15) is 0 Å². The number of fused-ring (bicyclic) bond motifs is 2. The summed E-state index contributed by atoms with van der Waals surface area (Å²) in [5.74, 6) is 0. The molecule has 0 bridgehead atoms. The number of hydrogen-bond donors (Lipinski definition) is 2. The second-order valence-electron chi connectivity index (χ2n) is 6.39. The molecule has 0 amide bonds. The van der Waals surface area contributed by atoms with E-state index in [9.17, 15) is 5.11 Å². The lowest BCUT2D eigenvalue weighted by molar-refractivity contribution is -0.0140. The molecule has 0 radical (unpaired) electrons. The van der Waals surface area contributed by atoms with Gasteiger partial charge in [-0.05, 0) is 48.1 Å². The molecular weight excluding hydrogens is 258 g/mol. The molecule has 1 heterocycles. The highest BCUT2D eigenvalue weighted by Crippen LogP contribution is 2.40. The van der Waals surface area contributed by atoms with Crippen molar-refractivity contribution >= 4 is 0 Å². The van der Waals surface area contributed by atoms with Gasteiger partial charge >= 0.3 is 0 Å². The van der Waals surface area contributed by atoms with Gasteiger partial charge in [0.25, 0.3) is 0 Å². The Morgan fingerprint density at radius 2 is 1.62 bits per heavy atom. The largest absolute Gasteiger partial charge is 0.388 e. The van der Waals surface area contributed by atoms with Gasteiger partial charge in [0.15, 0.2) is 0 Å². The van der Waals surface area contributed by atoms with E-state index in [2.05, 4.69) is 53.8 Å². The second-order valence-corrected chi connectivity index (χ2v) is 6.39. The molecule has 0 saturated heterocycles. The maximum absolute atomic E-state index is 11.3. The van der Waals surface area contributed by atoms with Crippen molar-refractivity contribution in [2.45, 2.75) is 37.3 Å². The average Bonchev–Trinajstić information content (AvgIpc) is 2.54. The first kappa shape index (κ1) is 13.1. The zero-order valence-electron chi connectivity index (χ0n) is 12.2. The van der Waals surface area contributed by atoms with Crippen LogP contribution in [-0.2, 0) is 19.3 Å². The molecule has 2 N–H and O–H groups in total. The van der Waals surface area contributed by atoms with E-state index in [1.807, 2.05) is 0 Å². The van der Waals surface area contributed by atoms with Crippen molar-refractivity contribution in [3.05, 3.63) is 70.8 Å². The normalized spacial score (nSPS) is 27.8. The van der Waals surface area contributed by atoms with E-state index in [1.54, 1.807) is 0 Å². The van der Waals surface area contributed by atoms with Crippen LogP contribution >= 0.6 is 0 Å². The zero-order chi connectivity index (χ0) is 14.3. The van der Waals surface area contributed by atoms with Crippen molar-refractivity contribution in [2.24, 2.45) is 0 Å². The molecule has 2 unspecified atom stereocenters. The fourth-order valence-electron chi connectivity index (χ4n) is 3.97. The lowest BCUT2D eigenvalue weighted by atomic mass is 9.72. The summed E-state index contributed by atoms with van der Waals surface area (Å²) in [6.07, 6.45) is 3.59. The number of aliphatic hydroxyl groups is 1. The van der Waals surface area contributed by atoms with Crippen LogP contribution in [0.5, 0.6) is 0 Å². The van der Waals surface area contributed by atoms with Gasteiger partial charge in [0.2, 0.25) is 0 Å². The van der Waals surface area contributed by atoms with E-state index in [1.165, 1.54) is 22.3 Å². The molecule has 2 heteroatoms. The molecule has 0 aromatic heterocycles. The lowest BCUT2D eigenvalue weighted by Gasteiger charge is -2.43. The molecule has 21 heavy (non-hydrogen) atoms. The predicted molar refractivity (Wildman–Crippen MR) is 84.3 cm³/mol. The van der Waals surface area contributed by atoms with E-state index in [0.29, 0.717) is 0 Å². The molecule has 1 aliphatic carbocycles. The molecule has 2 nitrogen and oxygen atoms in total. The summed E-state index contributed by atoms with van der Waals surface area (Å²) in [6, 6.07) is 17.1. The first-order valence-electron chi connectivity index (χ1n) is 7.87. The van der Waals surface area contributed by atoms with Crippen LogP contribution in [0.2, 0.25) is 0 Å². The van der Waals surface area contributed by atoms with Crippen molar-refractivity contribution in [1.29, 1.82) is 0 Å². The Balaban J connectivity index is 1.71. The Labute approximate surface area is 125 Å². The van der Waals surface area contributed by atoms with E-state index < -0.39 is 5.60 Å². The molecule has 0 spiro atoms. The Morgan fingerprint density at radius 1 is 0.905 bits per heavy atom. The molecule has 0 fully saturated rings. The number of hydrogen-bond acceptors (Lipinski definition) is 2.